The summed E-state index contributed by atoms with van der Waals surface area (Å²) in [5.41, 5.74) is 0.474. The molecule has 0 bridgehead atoms. The van der Waals surface area contributed by atoms with Gasteiger partial charge in [-0.1, -0.05) is 6.07 Å². The highest BCUT2D eigenvalue weighted by Gasteiger charge is 2.14. The lowest BCUT2D eigenvalue weighted by Crippen LogP contribution is -1.91. The third kappa shape index (κ3) is 2.56. The molecular formula is C7H4BrCl2NO2. The minimum Gasteiger partial charge on any atom is -0.258 e. The van der Waals surface area contributed by atoms with Crippen LogP contribution in [0.1, 0.15) is 10.4 Å². The van der Waals surface area contributed by atoms with Crippen LogP contribution in [0.3, 0.4) is 0 Å². The van der Waals surface area contributed by atoms with Crippen molar-refractivity contribution in [1.82, 2.24) is 0 Å². The van der Waals surface area contributed by atoms with Crippen molar-refractivity contribution >= 4 is 44.8 Å². The summed E-state index contributed by atoms with van der Waals surface area (Å²) >= 11 is 14.2. The number of alkyl halides is 2. The summed E-state index contributed by atoms with van der Waals surface area (Å²) in [6.45, 7) is 0. The van der Waals surface area contributed by atoms with Crippen LogP contribution in [-0.2, 0) is 0 Å². The Bertz CT molecular complexity index is 343. The van der Waals surface area contributed by atoms with E-state index < -0.39 is 9.76 Å². The lowest BCUT2D eigenvalue weighted by atomic mass is 10.2. The van der Waals surface area contributed by atoms with Gasteiger partial charge < -0.3 is 0 Å². The molecule has 0 aromatic heterocycles. The minimum absolute atomic E-state index is 0.0381. The molecule has 0 aliphatic rings. The molecule has 0 aliphatic heterocycles. The third-order valence-corrected chi connectivity index (χ3v) is 2.59. The molecule has 1 rings (SSSR count). The Balaban J connectivity index is 3.19. The van der Waals surface area contributed by atoms with E-state index in [0.29, 0.717) is 10.0 Å². The van der Waals surface area contributed by atoms with E-state index in [1.807, 2.05) is 0 Å². The summed E-state index contributed by atoms with van der Waals surface area (Å²) in [4.78, 5) is 9.25. The third-order valence-electron chi connectivity index (χ3n) is 1.42. The normalized spacial score (nSPS) is 10.5. The number of rotatable bonds is 2. The van der Waals surface area contributed by atoms with Crippen molar-refractivity contribution in [1.29, 1.82) is 0 Å². The molecule has 0 fully saturated rings. The summed E-state index contributed by atoms with van der Waals surface area (Å²) in [5.74, 6) is 0. The summed E-state index contributed by atoms with van der Waals surface area (Å²) in [5, 5.41) is 10.5. The first-order valence-corrected chi connectivity index (χ1v) is 4.91. The molecule has 0 radical (unpaired) electrons. The van der Waals surface area contributed by atoms with Crippen molar-refractivity contribution in [2.75, 3.05) is 0 Å². The van der Waals surface area contributed by atoms with Crippen molar-refractivity contribution in [2.24, 2.45) is 0 Å². The second kappa shape index (κ2) is 4.26. The number of hydrogen-bond acceptors (Lipinski definition) is 2. The zero-order chi connectivity index (χ0) is 10.0. The number of nitrogens with zero attached hydrogens (tertiary/aromatic N) is 1. The molecule has 1 aromatic rings. The van der Waals surface area contributed by atoms with Gasteiger partial charge in [0.2, 0.25) is 0 Å². The zero-order valence-electron chi connectivity index (χ0n) is 6.21. The van der Waals surface area contributed by atoms with Gasteiger partial charge in [0.1, 0.15) is 4.84 Å². The van der Waals surface area contributed by atoms with Gasteiger partial charge in [0.25, 0.3) is 5.69 Å². The van der Waals surface area contributed by atoms with Crippen LogP contribution in [0, 0.1) is 10.1 Å². The maximum Gasteiger partial charge on any atom is 0.283 e. The first kappa shape index (κ1) is 10.8. The fourth-order valence-corrected chi connectivity index (χ4v) is 1.47. The Hall–Kier alpha value is -0.320. The van der Waals surface area contributed by atoms with Crippen molar-refractivity contribution in [3.63, 3.8) is 0 Å². The van der Waals surface area contributed by atoms with Crippen molar-refractivity contribution in [2.45, 2.75) is 4.84 Å². The lowest BCUT2D eigenvalue weighted by Gasteiger charge is -2.01. The summed E-state index contributed by atoms with van der Waals surface area (Å²) in [6, 6.07) is 4.52. The monoisotopic (exact) mass is 283 g/mol. The van der Waals surface area contributed by atoms with E-state index in [4.69, 9.17) is 23.2 Å². The van der Waals surface area contributed by atoms with Crippen molar-refractivity contribution in [3.8, 4) is 0 Å². The Labute approximate surface area is 92.9 Å². The van der Waals surface area contributed by atoms with E-state index in [1.165, 1.54) is 6.07 Å². The first-order chi connectivity index (χ1) is 6.02. The molecule has 0 heterocycles. The van der Waals surface area contributed by atoms with Crippen molar-refractivity contribution < 1.29 is 4.92 Å². The first-order valence-electron chi connectivity index (χ1n) is 3.24. The summed E-state index contributed by atoms with van der Waals surface area (Å²) in [6.07, 6.45) is 0. The van der Waals surface area contributed by atoms with E-state index in [2.05, 4.69) is 15.9 Å². The van der Waals surface area contributed by atoms with Crippen LogP contribution in [0.2, 0.25) is 0 Å². The molecule has 0 aliphatic carbocycles. The number of benzene rings is 1. The maximum absolute atomic E-state index is 10.5. The zero-order valence-corrected chi connectivity index (χ0v) is 9.30. The van der Waals surface area contributed by atoms with Gasteiger partial charge in [0.05, 0.1) is 9.40 Å². The Morgan fingerprint density at radius 2 is 2.08 bits per heavy atom. The Morgan fingerprint density at radius 3 is 2.54 bits per heavy atom. The second-order valence-electron chi connectivity index (χ2n) is 2.27. The smallest absolute Gasteiger partial charge is 0.258 e. The topological polar surface area (TPSA) is 43.1 Å². The average molecular weight is 285 g/mol. The average Bonchev–Trinajstić information content (AvgIpc) is 2.04. The van der Waals surface area contributed by atoms with Crippen LogP contribution in [0.25, 0.3) is 0 Å². The van der Waals surface area contributed by atoms with E-state index >= 15 is 0 Å². The highest BCUT2D eigenvalue weighted by molar-refractivity contribution is 9.10. The van der Waals surface area contributed by atoms with E-state index in [-0.39, 0.29) is 5.69 Å². The largest absolute Gasteiger partial charge is 0.283 e. The molecule has 0 spiro atoms. The molecule has 13 heavy (non-hydrogen) atoms. The quantitative estimate of drug-likeness (QED) is 0.470. The van der Waals surface area contributed by atoms with Gasteiger partial charge >= 0.3 is 0 Å². The molecule has 1 aromatic carbocycles. The minimum atomic E-state index is -0.744. The van der Waals surface area contributed by atoms with Gasteiger partial charge in [-0.25, -0.2) is 0 Å². The van der Waals surface area contributed by atoms with Crippen LogP contribution < -0.4 is 0 Å². The van der Waals surface area contributed by atoms with Gasteiger partial charge in [-0.05, 0) is 27.6 Å². The van der Waals surface area contributed by atoms with Crippen LogP contribution >= 0.6 is 39.1 Å². The number of halogens is 3. The summed E-state index contributed by atoms with van der Waals surface area (Å²) < 4.78 is 0.412. The van der Waals surface area contributed by atoms with Gasteiger partial charge in [-0.15, -0.1) is 23.2 Å². The molecule has 0 amide bonds. The number of hydrogen-bond donors (Lipinski definition) is 0. The molecule has 0 atom stereocenters. The molecular weight excluding hydrogens is 281 g/mol. The van der Waals surface area contributed by atoms with Crippen LogP contribution in [0.15, 0.2) is 22.7 Å². The SMILES string of the molecule is O=[N+]([O-])c1cc(C(Cl)Cl)ccc1Br. The molecule has 0 unspecified atom stereocenters. The molecule has 0 saturated heterocycles. The standard InChI is InChI=1S/C7H4BrCl2NO2/c8-5-2-1-4(7(9)10)3-6(5)11(12)13/h1-3,7H. The summed E-state index contributed by atoms with van der Waals surface area (Å²) in [7, 11) is 0. The fraction of sp³-hybridized carbons (Fsp3) is 0.143. The molecule has 0 N–H and O–H groups in total. The molecule has 70 valence electrons. The maximum atomic E-state index is 10.5. The number of nitro benzene ring substituents is 1. The van der Waals surface area contributed by atoms with Crippen LogP contribution in [-0.4, -0.2) is 4.92 Å². The highest BCUT2D eigenvalue weighted by atomic mass is 79.9. The lowest BCUT2D eigenvalue weighted by molar-refractivity contribution is -0.385. The predicted octanol–water partition coefficient (Wildman–Crippen LogP) is 3.83. The van der Waals surface area contributed by atoms with Crippen molar-refractivity contribution in [3.05, 3.63) is 38.3 Å². The highest BCUT2D eigenvalue weighted by Crippen LogP contribution is 2.31. The second-order valence-corrected chi connectivity index (χ2v) is 4.22. The van der Waals surface area contributed by atoms with Crippen LogP contribution in [0.5, 0.6) is 0 Å². The van der Waals surface area contributed by atoms with Crippen LogP contribution in [0.4, 0.5) is 5.69 Å². The molecule has 3 nitrogen and oxygen atoms in total. The van der Waals surface area contributed by atoms with Gasteiger partial charge in [-0.3, -0.25) is 10.1 Å². The van der Waals surface area contributed by atoms with Gasteiger partial charge in [-0.2, -0.15) is 0 Å². The predicted molar refractivity (Wildman–Crippen MR) is 55.2 cm³/mol. The van der Waals surface area contributed by atoms with E-state index in [0.717, 1.165) is 0 Å². The van der Waals surface area contributed by atoms with E-state index in [1.54, 1.807) is 12.1 Å². The molecule has 6 heteroatoms. The Morgan fingerprint density at radius 1 is 1.46 bits per heavy atom. The molecule has 0 saturated carbocycles. The number of nitro groups is 1. The fourth-order valence-electron chi connectivity index (χ4n) is 0.805. The Kier molecular flexibility index (Phi) is 3.53. The van der Waals surface area contributed by atoms with E-state index in [9.17, 15) is 10.1 Å². The van der Waals surface area contributed by atoms with Gasteiger partial charge in [0.15, 0.2) is 0 Å². The van der Waals surface area contributed by atoms with Gasteiger partial charge in [0, 0.05) is 6.07 Å².